The Labute approximate surface area is 135 Å². The molecule has 0 aliphatic carbocycles. The Morgan fingerprint density at radius 2 is 1.91 bits per heavy atom. The fourth-order valence-corrected chi connectivity index (χ4v) is 2.33. The van der Waals surface area contributed by atoms with Gasteiger partial charge in [-0.2, -0.15) is 0 Å². The van der Waals surface area contributed by atoms with Crippen molar-refractivity contribution in [1.29, 1.82) is 0 Å². The first-order chi connectivity index (χ1) is 11.2. The molecule has 6 heteroatoms. The Bertz CT molecular complexity index is 766. The van der Waals surface area contributed by atoms with E-state index < -0.39 is 0 Å². The quantitative estimate of drug-likeness (QED) is 0.756. The number of hydrogen-bond donors (Lipinski definition) is 1. The second-order valence-corrected chi connectivity index (χ2v) is 5.42. The fraction of sp³-hybridized carbons (Fsp3) is 0.294. The molecule has 0 saturated heterocycles. The van der Waals surface area contributed by atoms with Gasteiger partial charge in [0.2, 0.25) is 0 Å². The summed E-state index contributed by atoms with van der Waals surface area (Å²) in [5, 5.41) is 11.5. The van der Waals surface area contributed by atoms with Crippen molar-refractivity contribution >= 4 is 5.82 Å². The second-order valence-electron chi connectivity index (χ2n) is 5.42. The normalized spacial score (nSPS) is 10.7. The van der Waals surface area contributed by atoms with Crippen LogP contribution in [0.25, 0.3) is 0 Å². The van der Waals surface area contributed by atoms with Crippen molar-refractivity contribution in [2.24, 2.45) is 7.05 Å². The number of benzene rings is 1. The maximum atomic E-state index is 4.56. The van der Waals surface area contributed by atoms with E-state index in [2.05, 4.69) is 37.6 Å². The second kappa shape index (κ2) is 7.00. The van der Waals surface area contributed by atoms with E-state index in [9.17, 15) is 0 Å². The van der Waals surface area contributed by atoms with Gasteiger partial charge in [-0.05, 0) is 18.6 Å². The maximum absolute atomic E-state index is 4.56. The highest BCUT2D eigenvalue weighted by atomic mass is 15.3. The van der Waals surface area contributed by atoms with Crippen molar-refractivity contribution in [1.82, 2.24) is 24.7 Å². The molecule has 6 nitrogen and oxygen atoms in total. The summed E-state index contributed by atoms with van der Waals surface area (Å²) >= 11 is 0. The zero-order valence-electron chi connectivity index (χ0n) is 13.4. The zero-order chi connectivity index (χ0) is 16.1. The van der Waals surface area contributed by atoms with Crippen LogP contribution in [0.2, 0.25) is 0 Å². The number of nitrogens with zero attached hydrogens (tertiary/aromatic N) is 5. The van der Waals surface area contributed by atoms with Crippen molar-refractivity contribution < 1.29 is 0 Å². The van der Waals surface area contributed by atoms with Gasteiger partial charge in [0.05, 0.1) is 0 Å². The summed E-state index contributed by atoms with van der Waals surface area (Å²) in [5.41, 5.74) is 1.21. The minimum absolute atomic E-state index is 0.735. The van der Waals surface area contributed by atoms with Gasteiger partial charge in [0.1, 0.15) is 23.3 Å². The largest absolute Gasteiger partial charge is 0.370 e. The van der Waals surface area contributed by atoms with E-state index >= 15 is 0 Å². The number of hydrogen-bond acceptors (Lipinski definition) is 5. The van der Waals surface area contributed by atoms with Crippen LogP contribution in [0.3, 0.4) is 0 Å². The van der Waals surface area contributed by atoms with Crippen LogP contribution in [0.15, 0.2) is 42.6 Å². The Balaban J connectivity index is 1.58. The van der Waals surface area contributed by atoms with E-state index in [1.165, 1.54) is 5.56 Å². The van der Waals surface area contributed by atoms with Crippen LogP contribution < -0.4 is 5.32 Å². The molecule has 0 bridgehead atoms. The first-order valence-corrected chi connectivity index (χ1v) is 7.67. The van der Waals surface area contributed by atoms with Crippen LogP contribution in [0.5, 0.6) is 0 Å². The average molecular weight is 308 g/mol. The molecule has 0 aliphatic heterocycles. The number of nitrogens with one attached hydrogen (secondary N) is 1. The molecule has 3 aromatic rings. The molecule has 0 aliphatic rings. The lowest BCUT2D eigenvalue weighted by atomic mass is 10.1. The lowest BCUT2D eigenvalue weighted by Crippen LogP contribution is -2.11. The molecule has 2 heterocycles. The molecule has 3 rings (SSSR count). The molecule has 2 aromatic heterocycles. The van der Waals surface area contributed by atoms with Gasteiger partial charge in [-0.1, -0.05) is 30.3 Å². The van der Waals surface area contributed by atoms with Crippen molar-refractivity contribution in [3.8, 4) is 0 Å². The standard InChI is InChI=1S/C17H20N6/c1-13-21-22-17(23(13)2)9-11-18-15-8-10-19-16(20-15)12-14-6-4-3-5-7-14/h3-8,10H,9,11-12H2,1-2H3,(H,18,19,20). The van der Waals surface area contributed by atoms with Crippen molar-refractivity contribution in [3.05, 3.63) is 65.6 Å². The van der Waals surface area contributed by atoms with Gasteiger partial charge in [-0.25, -0.2) is 9.97 Å². The number of aromatic nitrogens is 5. The molecule has 118 valence electrons. The third-order valence-corrected chi connectivity index (χ3v) is 3.75. The summed E-state index contributed by atoms with van der Waals surface area (Å²) < 4.78 is 2.00. The summed E-state index contributed by atoms with van der Waals surface area (Å²) in [6.07, 6.45) is 3.33. The van der Waals surface area contributed by atoms with Gasteiger partial charge in [-0.3, -0.25) is 0 Å². The Morgan fingerprint density at radius 1 is 1.09 bits per heavy atom. The molecule has 1 N–H and O–H groups in total. The summed E-state index contributed by atoms with van der Waals surface area (Å²) in [5.74, 6) is 3.54. The highest BCUT2D eigenvalue weighted by molar-refractivity contribution is 5.33. The van der Waals surface area contributed by atoms with Gasteiger partial charge in [-0.15, -0.1) is 10.2 Å². The van der Waals surface area contributed by atoms with Gasteiger partial charge >= 0.3 is 0 Å². The Hall–Kier alpha value is -2.76. The first kappa shape index (κ1) is 15.1. The van der Waals surface area contributed by atoms with E-state index in [-0.39, 0.29) is 0 Å². The molecule has 0 radical (unpaired) electrons. The van der Waals surface area contributed by atoms with Crippen molar-refractivity contribution in [3.63, 3.8) is 0 Å². The van der Waals surface area contributed by atoms with Crippen molar-refractivity contribution in [2.45, 2.75) is 19.8 Å². The first-order valence-electron chi connectivity index (χ1n) is 7.67. The maximum Gasteiger partial charge on any atom is 0.135 e. The summed E-state index contributed by atoms with van der Waals surface area (Å²) in [4.78, 5) is 8.90. The predicted molar refractivity (Wildman–Crippen MR) is 89.2 cm³/mol. The monoisotopic (exact) mass is 308 g/mol. The van der Waals surface area contributed by atoms with Crippen LogP contribution in [0.1, 0.15) is 23.0 Å². The highest BCUT2D eigenvalue weighted by Crippen LogP contribution is 2.08. The molecule has 23 heavy (non-hydrogen) atoms. The van der Waals surface area contributed by atoms with E-state index in [1.54, 1.807) is 6.20 Å². The Kier molecular flexibility index (Phi) is 4.61. The van der Waals surface area contributed by atoms with Gasteiger partial charge in [0, 0.05) is 32.6 Å². The minimum Gasteiger partial charge on any atom is -0.370 e. The zero-order valence-corrected chi connectivity index (χ0v) is 13.4. The Morgan fingerprint density at radius 3 is 2.65 bits per heavy atom. The molecular weight excluding hydrogens is 288 g/mol. The van der Waals surface area contributed by atoms with E-state index in [0.29, 0.717) is 0 Å². The van der Waals surface area contributed by atoms with Crippen LogP contribution in [0.4, 0.5) is 5.82 Å². The van der Waals surface area contributed by atoms with Gasteiger partial charge in [0.15, 0.2) is 0 Å². The molecule has 0 fully saturated rings. The van der Waals surface area contributed by atoms with Crippen LogP contribution in [-0.2, 0) is 19.9 Å². The van der Waals surface area contributed by atoms with Crippen LogP contribution >= 0.6 is 0 Å². The van der Waals surface area contributed by atoms with Gasteiger partial charge < -0.3 is 9.88 Å². The molecular formula is C17H20N6. The third-order valence-electron chi connectivity index (χ3n) is 3.75. The highest BCUT2D eigenvalue weighted by Gasteiger charge is 2.05. The predicted octanol–water partition coefficient (Wildman–Crippen LogP) is 2.16. The summed E-state index contributed by atoms with van der Waals surface area (Å²) in [7, 11) is 1.98. The molecule has 0 amide bonds. The molecule has 0 spiro atoms. The topological polar surface area (TPSA) is 68.5 Å². The third kappa shape index (κ3) is 3.91. The van der Waals surface area contributed by atoms with Gasteiger partial charge in [0.25, 0.3) is 0 Å². The molecule has 0 unspecified atom stereocenters. The number of aryl methyl sites for hydroxylation is 1. The lowest BCUT2D eigenvalue weighted by Gasteiger charge is -2.07. The average Bonchev–Trinajstić information content (AvgIpc) is 2.88. The summed E-state index contributed by atoms with van der Waals surface area (Å²) in [6.45, 7) is 2.71. The van der Waals surface area contributed by atoms with Crippen LogP contribution in [-0.4, -0.2) is 31.3 Å². The summed E-state index contributed by atoms with van der Waals surface area (Å²) in [6, 6.07) is 12.1. The number of rotatable bonds is 6. The van der Waals surface area contributed by atoms with E-state index in [4.69, 9.17) is 0 Å². The smallest absolute Gasteiger partial charge is 0.135 e. The van der Waals surface area contributed by atoms with E-state index in [0.717, 1.165) is 42.7 Å². The molecule has 0 atom stereocenters. The van der Waals surface area contributed by atoms with Crippen LogP contribution in [0, 0.1) is 6.92 Å². The number of anilines is 1. The molecule has 1 aromatic carbocycles. The lowest BCUT2D eigenvalue weighted by molar-refractivity contribution is 0.769. The molecule has 0 saturated carbocycles. The van der Waals surface area contributed by atoms with E-state index in [1.807, 2.05) is 42.8 Å². The minimum atomic E-state index is 0.735. The van der Waals surface area contributed by atoms with Crippen molar-refractivity contribution in [2.75, 3.05) is 11.9 Å². The fourth-order valence-electron chi connectivity index (χ4n) is 2.33. The SMILES string of the molecule is Cc1nnc(CCNc2ccnc(Cc3ccccc3)n2)n1C.